The van der Waals surface area contributed by atoms with Crippen molar-refractivity contribution in [2.75, 3.05) is 13.1 Å². The van der Waals surface area contributed by atoms with Crippen molar-refractivity contribution in [2.45, 2.75) is 65.3 Å². The molecular weight excluding hydrogens is 264 g/mol. The lowest BCUT2D eigenvalue weighted by Gasteiger charge is -2.07. The lowest BCUT2D eigenvalue weighted by molar-refractivity contribution is 0.610. The number of aromatic nitrogens is 3. The van der Waals surface area contributed by atoms with Crippen LogP contribution in [-0.2, 0) is 13.0 Å². The Labute approximate surface area is 128 Å². The smallest absolute Gasteiger partial charge is 0.188 e. The fraction of sp³-hybridized carbons (Fsp3) is 0.800. The van der Waals surface area contributed by atoms with Crippen LogP contribution in [0, 0.1) is 0 Å². The molecule has 0 saturated heterocycles. The van der Waals surface area contributed by atoms with Crippen LogP contribution in [0.4, 0.5) is 0 Å². The lowest BCUT2D eigenvalue weighted by Crippen LogP contribution is -2.34. The van der Waals surface area contributed by atoms with E-state index in [0.717, 1.165) is 38.3 Å². The van der Waals surface area contributed by atoms with Crippen LogP contribution in [-0.4, -0.2) is 33.8 Å². The van der Waals surface area contributed by atoms with Gasteiger partial charge in [-0.3, -0.25) is 4.99 Å². The average Bonchev–Trinajstić information content (AvgIpc) is 2.94. The van der Waals surface area contributed by atoms with Crippen molar-refractivity contribution in [2.24, 2.45) is 10.7 Å². The molecule has 0 fully saturated rings. The summed E-state index contributed by atoms with van der Waals surface area (Å²) < 4.78 is 2.04. The third-order valence-corrected chi connectivity index (χ3v) is 3.46. The van der Waals surface area contributed by atoms with Gasteiger partial charge in [-0.25, -0.2) is 0 Å². The maximum absolute atomic E-state index is 5.84. The molecule has 6 nitrogen and oxygen atoms in total. The lowest BCUT2D eigenvalue weighted by atomic mass is 10.1. The molecule has 0 aliphatic heterocycles. The van der Waals surface area contributed by atoms with E-state index in [2.05, 4.69) is 34.4 Å². The van der Waals surface area contributed by atoms with E-state index in [1.54, 1.807) is 6.33 Å². The zero-order valence-corrected chi connectivity index (χ0v) is 13.5. The summed E-state index contributed by atoms with van der Waals surface area (Å²) in [7, 11) is 0. The Morgan fingerprint density at radius 3 is 2.76 bits per heavy atom. The largest absolute Gasteiger partial charge is 0.370 e. The molecule has 1 heterocycles. The van der Waals surface area contributed by atoms with E-state index in [9.17, 15) is 0 Å². The number of rotatable bonds is 11. The van der Waals surface area contributed by atoms with Crippen LogP contribution in [0.5, 0.6) is 0 Å². The van der Waals surface area contributed by atoms with Crippen molar-refractivity contribution in [3.05, 3.63) is 12.2 Å². The van der Waals surface area contributed by atoms with Gasteiger partial charge in [-0.1, -0.05) is 46.0 Å². The second-order valence-electron chi connectivity index (χ2n) is 5.26. The van der Waals surface area contributed by atoms with Crippen molar-refractivity contribution in [3.8, 4) is 0 Å². The molecule has 0 aliphatic carbocycles. The van der Waals surface area contributed by atoms with Gasteiger partial charge in [0.25, 0.3) is 0 Å². The van der Waals surface area contributed by atoms with Gasteiger partial charge in [0, 0.05) is 26.1 Å². The summed E-state index contributed by atoms with van der Waals surface area (Å²) in [5, 5.41) is 11.1. The third-order valence-electron chi connectivity index (χ3n) is 3.46. The Morgan fingerprint density at radius 2 is 2.00 bits per heavy atom. The molecule has 1 aromatic heterocycles. The van der Waals surface area contributed by atoms with Crippen molar-refractivity contribution in [1.29, 1.82) is 0 Å². The summed E-state index contributed by atoms with van der Waals surface area (Å²) >= 11 is 0. The van der Waals surface area contributed by atoms with Gasteiger partial charge in [0.2, 0.25) is 0 Å². The molecular formula is C15H30N6. The Morgan fingerprint density at radius 1 is 1.24 bits per heavy atom. The Balaban J connectivity index is 2.07. The molecule has 0 saturated carbocycles. The molecule has 0 unspecified atom stereocenters. The second-order valence-corrected chi connectivity index (χ2v) is 5.26. The Bertz CT molecular complexity index is 399. The molecule has 21 heavy (non-hydrogen) atoms. The summed E-state index contributed by atoms with van der Waals surface area (Å²) in [5.74, 6) is 1.54. The number of guanidine groups is 1. The predicted octanol–water partition coefficient (Wildman–Crippen LogP) is 2.11. The topological polar surface area (TPSA) is 81.1 Å². The maximum Gasteiger partial charge on any atom is 0.188 e. The summed E-state index contributed by atoms with van der Waals surface area (Å²) in [6.45, 7) is 6.68. The van der Waals surface area contributed by atoms with E-state index < -0.39 is 0 Å². The SMILES string of the molecule is CCCCCCCCN=C(N)NCCn1cnnc1CC. The number of hydrogen-bond acceptors (Lipinski definition) is 3. The van der Waals surface area contributed by atoms with Crippen LogP contribution in [0.15, 0.2) is 11.3 Å². The zero-order chi connectivity index (χ0) is 15.3. The molecule has 0 bridgehead atoms. The van der Waals surface area contributed by atoms with Gasteiger partial charge in [0.05, 0.1) is 0 Å². The first kappa shape index (κ1) is 17.5. The van der Waals surface area contributed by atoms with Crippen LogP contribution >= 0.6 is 0 Å². The molecule has 0 radical (unpaired) electrons. The highest BCUT2D eigenvalue weighted by Crippen LogP contribution is 2.04. The van der Waals surface area contributed by atoms with Crippen LogP contribution in [0.3, 0.4) is 0 Å². The summed E-state index contributed by atoms with van der Waals surface area (Å²) in [4.78, 5) is 4.35. The van der Waals surface area contributed by atoms with Gasteiger partial charge in [0.15, 0.2) is 5.96 Å². The van der Waals surface area contributed by atoms with Gasteiger partial charge in [0.1, 0.15) is 12.2 Å². The Hall–Kier alpha value is -1.59. The van der Waals surface area contributed by atoms with Crippen LogP contribution in [0.25, 0.3) is 0 Å². The van der Waals surface area contributed by atoms with Crippen LogP contribution in [0.1, 0.15) is 58.2 Å². The first-order chi connectivity index (χ1) is 10.3. The predicted molar refractivity (Wildman–Crippen MR) is 87.3 cm³/mol. The highest BCUT2D eigenvalue weighted by atomic mass is 15.3. The molecule has 0 aliphatic rings. The molecule has 1 rings (SSSR count). The quantitative estimate of drug-likeness (QED) is 0.372. The zero-order valence-electron chi connectivity index (χ0n) is 13.5. The number of hydrogen-bond donors (Lipinski definition) is 2. The minimum atomic E-state index is 0.537. The molecule has 3 N–H and O–H groups in total. The normalized spacial score (nSPS) is 11.8. The van der Waals surface area contributed by atoms with Crippen molar-refractivity contribution < 1.29 is 0 Å². The van der Waals surface area contributed by atoms with E-state index in [0.29, 0.717) is 5.96 Å². The first-order valence-electron chi connectivity index (χ1n) is 8.18. The standard InChI is InChI=1S/C15H30N6/c1-3-5-6-7-8-9-10-17-15(16)18-11-12-21-13-19-20-14(21)4-2/h13H,3-12H2,1-2H3,(H3,16,17,18). The van der Waals surface area contributed by atoms with Crippen molar-refractivity contribution >= 4 is 5.96 Å². The number of nitrogens with two attached hydrogens (primary N) is 1. The van der Waals surface area contributed by atoms with Gasteiger partial charge in [-0.2, -0.15) is 0 Å². The highest BCUT2D eigenvalue weighted by molar-refractivity contribution is 5.77. The Kier molecular flexibility index (Phi) is 9.24. The number of nitrogens with one attached hydrogen (secondary N) is 1. The fourth-order valence-electron chi connectivity index (χ4n) is 2.19. The molecule has 0 amide bonds. The minimum absolute atomic E-state index is 0.537. The number of aryl methyl sites for hydroxylation is 1. The van der Waals surface area contributed by atoms with E-state index in [1.807, 2.05) is 4.57 Å². The minimum Gasteiger partial charge on any atom is -0.370 e. The van der Waals surface area contributed by atoms with E-state index in [4.69, 9.17) is 5.73 Å². The van der Waals surface area contributed by atoms with Crippen molar-refractivity contribution in [1.82, 2.24) is 20.1 Å². The van der Waals surface area contributed by atoms with E-state index in [-0.39, 0.29) is 0 Å². The monoisotopic (exact) mass is 294 g/mol. The number of aliphatic imine (C=N–C) groups is 1. The van der Waals surface area contributed by atoms with Gasteiger partial charge in [-0.05, 0) is 6.42 Å². The molecule has 0 aromatic carbocycles. The van der Waals surface area contributed by atoms with Crippen LogP contribution < -0.4 is 11.1 Å². The number of unbranched alkanes of at least 4 members (excludes halogenated alkanes) is 5. The molecule has 0 atom stereocenters. The first-order valence-corrected chi connectivity index (χ1v) is 8.18. The fourth-order valence-corrected chi connectivity index (χ4v) is 2.19. The molecule has 1 aromatic rings. The molecule has 0 spiro atoms. The van der Waals surface area contributed by atoms with Gasteiger partial charge < -0.3 is 15.6 Å². The molecule has 6 heteroatoms. The average molecular weight is 294 g/mol. The van der Waals surface area contributed by atoms with E-state index >= 15 is 0 Å². The van der Waals surface area contributed by atoms with Gasteiger partial charge >= 0.3 is 0 Å². The highest BCUT2D eigenvalue weighted by Gasteiger charge is 2.00. The van der Waals surface area contributed by atoms with Crippen LogP contribution in [0.2, 0.25) is 0 Å². The summed E-state index contributed by atoms with van der Waals surface area (Å²) in [5.41, 5.74) is 5.84. The van der Waals surface area contributed by atoms with Gasteiger partial charge in [-0.15, -0.1) is 10.2 Å². The third kappa shape index (κ3) is 7.68. The second kappa shape index (κ2) is 11.1. The summed E-state index contributed by atoms with van der Waals surface area (Å²) in [6.07, 6.45) is 10.3. The van der Waals surface area contributed by atoms with E-state index in [1.165, 1.54) is 32.1 Å². The summed E-state index contributed by atoms with van der Waals surface area (Å²) in [6, 6.07) is 0. The maximum atomic E-state index is 5.84. The van der Waals surface area contributed by atoms with Crippen molar-refractivity contribution in [3.63, 3.8) is 0 Å². The molecule has 120 valence electrons. The number of nitrogens with zero attached hydrogens (tertiary/aromatic N) is 4.